The van der Waals surface area contributed by atoms with Crippen LogP contribution in [0, 0.1) is 11.3 Å². The molecule has 64 valence electrons. The van der Waals surface area contributed by atoms with Gasteiger partial charge in [-0.15, -0.1) is 0 Å². The molecule has 11 heavy (non-hydrogen) atoms. The molecule has 1 heterocycles. The second kappa shape index (κ2) is 2.23. The van der Waals surface area contributed by atoms with E-state index < -0.39 is 0 Å². The van der Waals surface area contributed by atoms with Crippen LogP contribution >= 0.6 is 15.9 Å². The van der Waals surface area contributed by atoms with E-state index in [4.69, 9.17) is 4.74 Å². The van der Waals surface area contributed by atoms with Crippen LogP contribution < -0.4 is 0 Å². The van der Waals surface area contributed by atoms with E-state index in [2.05, 4.69) is 29.8 Å². The number of ether oxygens (including phenoxy) is 1. The Balaban J connectivity index is 2.15. The van der Waals surface area contributed by atoms with Gasteiger partial charge >= 0.3 is 0 Å². The van der Waals surface area contributed by atoms with Gasteiger partial charge in [-0.1, -0.05) is 15.9 Å². The molecule has 1 spiro atoms. The Morgan fingerprint density at radius 3 is 2.64 bits per heavy atom. The minimum Gasteiger partial charge on any atom is -0.375 e. The van der Waals surface area contributed by atoms with Crippen molar-refractivity contribution in [3.05, 3.63) is 0 Å². The molecule has 0 aromatic rings. The first-order valence-electron chi connectivity index (χ1n) is 4.32. The van der Waals surface area contributed by atoms with Crippen LogP contribution in [0.25, 0.3) is 0 Å². The van der Waals surface area contributed by atoms with Crippen molar-refractivity contribution in [2.45, 2.75) is 32.3 Å². The molecule has 1 aliphatic carbocycles. The monoisotopic (exact) mass is 218 g/mol. The normalized spacial score (nSPS) is 46.6. The zero-order valence-corrected chi connectivity index (χ0v) is 8.78. The summed E-state index contributed by atoms with van der Waals surface area (Å²) in [6.45, 7) is 5.45. The van der Waals surface area contributed by atoms with Crippen LogP contribution in [0.1, 0.15) is 26.7 Å². The SMILES string of the molecule is CC1(C)OCCC12CC2CBr. The van der Waals surface area contributed by atoms with Gasteiger partial charge in [0.2, 0.25) is 0 Å². The maximum absolute atomic E-state index is 5.73. The summed E-state index contributed by atoms with van der Waals surface area (Å²) < 4.78 is 5.73. The lowest BCUT2D eigenvalue weighted by Gasteiger charge is -2.26. The van der Waals surface area contributed by atoms with Crippen molar-refractivity contribution >= 4 is 15.9 Å². The lowest BCUT2D eigenvalue weighted by atomic mass is 9.85. The molecule has 2 atom stereocenters. The molecule has 0 aromatic heterocycles. The van der Waals surface area contributed by atoms with Gasteiger partial charge in [0.1, 0.15) is 0 Å². The summed E-state index contributed by atoms with van der Waals surface area (Å²) in [6, 6.07) is 0. The minimum absolute atomic E-state index is 0.144. The summed E-state index contributed by atoms with van der Waals surface area (Å²) >= 11 is 3.56. The van der Waals surface area contributed by atoms with Crippen molar-refractivity contribution in [2.24, 2.45) is 11.3 Å². The third-order valence-electron chi connectivity index (χ3n) is 3.63. The molecule has 2 rings (SSSR count). The van der Waals surface area contributed by atoms with Crippen LogP contribution in [-0.2, 0) is 4.74 Å². The highest BCUT2D eigenvalue weighted by Gasteiger charge is 2.65. The summed E-state index contributed by atoms with van der Waals surface area (Å²) in [4.78, 5) is 0. The predicted octanol–water partition coefficient (Wildman–Crippen LogP) is 2.59. The molecule has 0 bridgehead atoms. The van der Waals surface area contributed by atoms with Crippen LogP contribution in [0.2, 0.25) is 0 Å². The van der Waals surface area contributed by atoms with E-state index in [0.29, 0.717) is 5.41 Å². The molecular formula is C9H15BrO. The zero-order valence-electron chi connectivity index (χ0n) is 7.19. The van der Waals surface area contributed by atoms with Crippen LogP contribution in [0.5, 0.6) is 0 Å². The van der Waals surface area contributed by atoms with Crippen LogP contribution in [0.3, 0.4) is 0 Å². The molecule has 0 N–H and O–H groups in total. The lowest BCUT2D eigenvalue weighted by molar-refractivity contribution is -0.000447. The predicted molar refractivity (Wildman–Crippen MR) is 49.0 cm³/mol. The summed E-state index contributed by atoms with van der Waals surface area (Å²) in [6.07, 6.45) is 2.64. The van der Waals surface area contributed by atoms with E-state index in [0.717, 1.165) is 17.9 Å². The van der Waals surface area contributed by atoms with Crippen molar-refractivity contribution in [3.63, 3.8) is 0 Å². The van der Waals surface area contributed by atoms with Crippen molar-refractivity contribution in [3.8, 4) is 0 Å². The molecule has 2 unspecified atom stereocenters. The molecule has 0 radical (unpaired) electrons. The highest BCUT2D eigenvalue weighted by molar-refractivity contribution is 9.09. The fourth-order valence-corrected chi connectivity index (χ4v) is 3.41. The van der Waals surface area contributed by atoms with Crippen molar-refractivity contribution in [1.29, 1.82) is 0 Å². The van der Waals surface area contributed by atoms with Gasteiger partial charge in [0, 0.05) is 17.4 Å². The van der Waals surface area contributed by atoms with E-state index in [1.165, 1.54) is 12.8 Å². The summed E-state index contributed by atoms with van der Waals surface area (Å²) in [5.41, 5.74) is 0.682. The first-order chi connectivity index (χ1) is 5.12. The van der Waals surface area contributed by atoms with Crippen LogP contribution in [0.15, 0.2) is 0 Å². The number of hydrogen-bond donors (Lipinski definition) is 0. The fraction of sp³-hybridized carbons (Fsp3) is 1.00. The standard InChI is InChI=1S/C9H15BrO/c1-8(2)9(3-4-11-8)5-7(9)6-10/h7H,3-6H2,1-2H3. The zero-order chi connectivity index (χ0) is 8.11. The van der Waals surface area contributed by atoms with Crippen LogP contribution in [-0.4, -0.2) is 17.5 Å². The van der Waals surface area contributed by atoms with Crippen LogP contribution in [0.4, 0.5) is 0 Å². The molecule has 2 fully saturated rings. The Morgan fingerprint density at radius 2 is 2.27 bits per heavy atom. The average Bonchev–Trinajstić information content (AvgIpc) is 2.56. The Kier molecular flexibility index (Phi) is 1.63. The third-order valence-corrected chi connectivity index (χ3v) is 4.41. The Hall–Kier alpha value is 0.440. The number of alkyl halides is 1. The summed E-state index contributed by atoms with van der Waals surface area (Å²) in [5.74, 6) is 0.875. The molecule has 1 saturated carbocycles. The first kappa shape index (κ1) is 8.06. The first-order valence-corrected chi connectivity index (χ1v) is 5.44. The fourth-order valence-electron chi connectivity index (χ4n) is 2.56. The van der Waals surface area contributed by atoms with Gasteiger partial charge in [0.05, 0.1) is 5.60 Å². The van der Waals surface area contributed by atoms with Gasteiger partial charge < -0.3 is 4.74 Å². The smallest absolute Gasteiger partial charge is 0.0686 e. The number of hydrogen-bond acceptors (Lipinski definition) is 1. The molecule has 0 amide bonds. The molecule has 2 aliphatic rings. The van der Waals surface area contributed by atoms with Gasteiger partial charge in [-0.3, -0.25) is 0 Å². The maximum atomic E-state index is 5.73. The van der Waals surface area contributed by atoms with Crippen molar-refractivity contribution in [2.75, 3.05) is 11.9 Å². The number of halogens is 1. The highest BCUT2D eigenvalue weighted by Crippen LogP contribution is 2.66. The molecule has 1 aliphatic heterocycles. The van der Waals surface area contributed by atoms with Gasteiger partial charge in [-0.2, -0.15) is 0 Å². The van der Waals surface area contributed by atoms with Gasteiger partial charge in [0.15, 0.2) is 0 Å². The molecule has 2 heteroatoms. The third kappa shape index (κ3) is 0.919. The van der Waals surface area contributed by atoms with E-state index in [1.807, 2.05) is 0 Å². The van der Waals surface area contributed by atoms with Gasteiger partial charge in [-0.05, 0) is 32.6 Å². The second-order valence-electron chi connectivity index (χ2n) is 4.32. The van der Waals surface area contributed by atoms with E-state index in [9.17, 15) is 0 Å². The van der Waals surface area contributed by atoms with Crippen molar-refractivity contribution in [1.82, 2.24) is 0 Å². The van der Waals surface area contributed by atoms with E-state index in [-0.39, 0.29) is 5.60 Å². The molecule has 1 saturated heterocycles. The van der Waals surface area contributed by atoms with E-state index in [1.54, 1.807) is 0 Å². The highest BCUT2D eigenvalue weighted by atomic mass is 79.9. The number of rotatable bonds is 1. The maximum Gasteiger partial charge on any atom is 0.0686 e. The Bertz CT molecular complexity index is 178. The Morgan fingerprint density at radius 1 is 1.55 bits per heavy atom. The lowest BCUT2D eigenvalue weighted by Crippen LogP contribution is -2.30. The Labute approximate surface area is 76.6 Å². The topological polar surface area (TPSA) is 9.23 Å². The molecule has 0 aromatic carbocycles. The quantitative estimate of drug-likeness (QED) is 0.616. The average molecular weight is 219 g/mol. The van der Waals surface area contributed by atoms with E-state index >= 15 is 0 Å². The minimum atomic E-state index is 0.144. The van der Waals surface area contributed by atoms with Crippen molar-refractivity contribution < 1.29 is 4.74 Å². The van der Waals surface area contributed by atoms with Gasteiger partial charge in [0.25, 0.3) is 0 Å². The molecular weight excluding hydrogens is 204 g/mol. The summed E-state index contributed by atoms with van der Waals surface area (Å²) in [5, 5.41) is 1.15. The second-order valence-corrected chi connectivity index (χ2v) is 4.97. The van der Waals surface area contributed by atoms with Gasteiger partial charge in [-0.25, -0.2) is 0 Å². The largest absolute Gasteiger partial charge is 0.375 e. The molecule has 1 nitrogen and oxygen atoms in total. The summed E-state index contributed by atoms with van der Waals surface area (Å²) in [7, 11) is 0.